The Hall–Kier alpha value is -1.48. The normalized spacial score (nSPS) is 14.0. The van der Waals surface area contributed by atoms with E-state index >= 15 is 0 Å². The molecule has 0 aliphatic heterocycles. The van der Waals surface area contributed by atoms with Gasteiger partial charge in [0.2, 0.25) is 0 Å². The molecule has 7 nitrogen and oxygen atoms in total. The Morgan fingerprint density at radius 3 is 1.91 bits per heavy atom. The van der Waals surface area contributed by atoms with Gasteiger partial charge in [-0.25, -0.2) is 9.59 Å². The summed E-state index contributed by atoms with van der Waals surface area (Å²) >= 11 is 0. The maximum Gasteiger partial charge on any atom is 0.500 e. The Kier molecular flexibility index (Phi) is 8.99. The second kappa shape index (κ2) is 9.61. The molecule has 1 unspecified atom stereocenters. The van der Waals surface area contributed by atoms with Crippen molar-refractivity contribution in [2.75, 3.05) is 21.3 Å². The Morgan fingerprint density at radius 1 is 1.09 bits per heavy atom. The summed E-state index contributed by atoms with van der Waals surface area (Å²) in [5.74, 6) is -1.64. The molecule has 0 radical (unpaired) electrons. The summed E-state index contributed by atoms with van der Waals surface area (Å²) in [6.07, 6.45) is -0.403. The molecule has 1 atom stereocenters. The maximum absolute atomic E-state index is 11.8. The van der Waals surface area contributed by atoms with Gasteiger partial charge in [-0.1, -0.05) is 6.58 Å². The first-order valence-electron chi connectivity index (χ1n) is 7.06. The average Bonchev–Trinajstić information content (AvgIpc) is 2.53. The topological polar surface area (TPSA) is 91.3 Å². The summed E-state index contributed by atoms with van der Waals surface area (Å²) in [6, 6.07) is 0.370. The first kappa shape index (κ1) is 21.5. The van der Waals surface area contributed by atoms with Crippen molar-refractivity contribution in [2.24, 2.45) is 0 Å². The van der Waals surface area contributed by atoms with Crippen molar-refractivity contribution >= 4 is 20.7 Å². The number of carbonyl (C=O) groups is 2. The molecule has 0 aliphatic carbocycles. The van der Waals surface area contributed by atoms with Crippen LogP contribution >= 0.6 is 0 Å². The first-order valence-corrected chi connectivity index (χ1v) is 8.99. The minimum atomic E-state index is -2.85. The highest BCUT2D eigenvalue weighted by atomic mass is 28.4. The molecule has 0 fully saturated rings. The quantitative estimate of drug-likeness (QED) is 0.368. The second-order valence-electron chi connectivity index (χ2n) is 5.12. The molecule has 0 aromatic carbocycles. The molecule has 0 saturated heterocycles. The van der Waals surface area contributed by atoms with E-state index in [0.717, 1.165) is 0 Å². The lowest BCUT2D eigenvalue weighted by molar-refractivity contribution is -0.143. The largest absolute Gasteiger partial charge is 0.500 e. The van der Waals surface area contributed by atoms with Crippen LogP contribution in [0.15, 0.2) is 23.3 Å². The van der Waals surface area contributed by atoms with E-state index in [0.29, 0.717) is 18.0 Å². The number of carboxylic acid groups (broad SMARTS) is 1. The minimum absolute atomic E-state index is 0.129. The molecule has 0 aliphatic rings. The smallest absolute Gasteiger partial charge is 0.478 e. The van der Waals surface area contributed by atoms with Gasteiger partial charge in [0.1, 0.15) is 6.10 Å². The highest BCUT2D eigenvalue weighted by molar-refractivity contribution is 6.60. The van der Waals surface area contributed by atoms with Gasteiger partial charge >= 0.3 is 20.7 Å². The van der Waals surface area contributed by atoms with Crippen LogP contribution in [0.5, 0.6) is 0 Å². The Bertz CT molecular complexity index is 472. The molecule has 132 valence electrons. The molecule has 0 amide bonds. The number of hydrogen-bond donors (Lipinski definition) is 1. The lowest BCUT2D eigenvalue weighted by Gasteiger charge is -2.27. The highest BCUT2D eigenvalue weighted by Gasteiger charge is 2.39. The van der Waals surface area contributed by atoms with Crippen molar-refractivity contribution in [3.05, 3.63) is 23.3 Å². The second-order valence-corrected chi connectivity index (χ2v) is 8.21. The van der Waals surface area contributed by atoms with Gasteiger partial charge in [0, 0.05) is 38.5 Å². The van der Waals surface area contributed by atoms with Crippen molar-refractivity contribution in [1.82, 2.24) is 0 Å². The van der Waals surface area contributed by atoms with Crippen molar-refractivity contribution in [3.63, 3.8) is 0 Å². The summed E-state index contributed by atoms with van der Waals surface area (Å²) < 4.78 is 21.4. The van der Waals surface area contributed by atoms with Gasteiger partial charge in [0.15, 0.2) is 0 Å². The third kappa shape index (κ3) is 6.26. The van der Waals surface area contributed by atoms with Crippen LogP contribution < -0.4 is 0 Å². The summed E-state index contributed by atoms with van der Waals surface area (Å²) in [4.78, 5) is 23.0. The number of carboxylic acids is 1. The summed E-state index contributed by atoms with van der Waals surface area (Å²) in [6.45, 7) is 8.15. The molecule has 0 bridgehead atoms. The summed E-state index contributed by atoms with van der Waals surface area (Å²) in [5.41, 5.74) is 0.826. The Morgan fingerprint density at radius 2 is 1.57 bits per heavy atom. The van der Waals surface area contributed by atoms with E-state index in [1.807, 2.05) is 0 Å². The fraction of sp³-hybridized carbons (Fsp3) is 0.600. The van der Waals surface area contributed by atoms with Crippen LogP contribution in [0.4, 0.5) is 0 Å². The van der Waals surface area contributed by atoms with E-state index < -0.39 is 26.8 Å². The van der Waals surface area contributed by atoms with E-state index in [1.165, 1.54) is 35.2 Å². The first-order chi connectivity index (χ1) is 10.6. The van der Waals surface area contributed by atoms with Gasteiger partial charge < -0.3 is 23.1 Å². The van der Waals surface area contributed by atoms with Crippen molar-refractivity contribution in [1.29, 1.82) is 0 Å². The number of aliphatic carboxylic acids is 1. The third-order valence-corrected chi connectivity index (χ3v) is 6.41. The third-order valence-electron chi connectivity index (χ3n) is 3.64. The van der Waals surface area contributed by atoms with E-state index in [-0.39, 0.29) is 11.1 Å². The molecular formula is C15H26O7Si. The standard InChI is InChI=1S/C15H26O7Si/c1-10(2)15(18)22-13(11(3)12(4)14(16)17)8-9-23(19-5,20-6)21-7/h13H,1,8-9H2,2-7H3,(H,16,17). The highest BCUT2D eigenvalue weighted by Crippen LogP contribution is 2.23. The predicted octanol–water partition coefficient (Wildman–Crippen LogP) is 2.16. The SMILES string of the molecule is C=C(C)C(=O)OC(CC[Si](OC)(OC)OC)C(C)=C(C)C(=O)O. The number of hydrogen-bond acceptors (Lipinski definition) is 6. The number of esters is 1. The monoisotopic (exact) mass is 346 g/mol. The summed E-state index contributed by atoms with van der Waals surface area (Å²) in [5, 5.41) is 9.13. The van der Waals surface area contributed by atoms with Crippen molar-refractivity contribution in [3.8, 4) is 0 Å². The van der Waals surface area contributed by atoms with E-state index in [4.69, 9.17) is 23.1 Å². The van der Waals surface area contributed by atoms with Crippen LogP contribution in [-0.4, -0.2) is 53.3 Å². The van der Waals surface area contributed by atoms with Gasteiger partial charge in [-0.15, -0.1) is 0 Å². The van der Waals surface area contributed by atoms with Gasteiger partial charge in [0.25, 0.3) is 0 Å². The molecule has 0 saturated carbocycles. The maximum atomic E-state index is 11.8. The molecular weight excluding hydrogens is 320 g/mol. The summed E-state index contributed by atoms with van der Waals surface area (Å²) in [7, 11) is 1.61. The van der Waals surface area contributed by atoms with Crippen LogP contribution in [0.1, 0.15) is 27.2 Å². The molecule has 8 heteroatoms. The zero-order valence-corrected chi connectivity index (χ0v) is 15.6. The Labute approximate surface area is 138 Å². The van der Waals surface area contributed by atoms with Crippen LogP contribution in [0.3, 0.4) is 0 Å². The van der Waals surface area contributed by atoms with Crippen LogP contribution in [0, 0.1) is 0 Å². The zero-order valence-electron chi connectivity index (χ0n) is 14.6. The molecule has 1 N–H and O–H groups in total. The fourth-order valence-electron chi connectivity index (χ4n) is 1.87. The number of carbonyl (C=O) groups excluding carboxylic acids is 1. The van der Waals surface area contributed by atoms with Crippen LogP contribution in [-0.2, 0) is 27.6 Å². The Balaban J connectivity index is 5.37. The lowest BCUT2D eigenvalue weighted by Crippen LogP contribution is -2.43. The van der Waals surface area contributed by atoms with E-state index in [1.54, 1.807) is 6.92 Å². The van der Waals surface area contributed by atoms with Crippen molar-refractivity contribution in [2.45, 2.75) is 39.3 Å². The number of rotatable bonds is 10. The predicted molar refractivity (Wildman–Crippen MR) is 86.9 cm³/mol. The van der Waals surface area contributed by atoms with Gasteiger partial charge in [0.05, 0.1) is 0 Å². The van der Waals surface area contributed by atoms with Crippen LogP contribution in [0.25, 0.3) is 0 Å². The van der Waals surface area contributed by atoms with Crippen LogP contribution in [0.2, 0.25) is 6.04 Å². The molecule has 0 spiro atoms. The lowest BCUT2D eigenvalue weighted by atomic mass is 10.0. The van der Waals surface area contributed by atoms with E-state index in [2.05, 4.69) is 6.58 Å². The number of ether oxygens (including phenoxy) is 1. The molecule has 0 heterocycles. The van der Waals surface area contributed by atoms with E-state index in [9.17, 15) is 9.59 Å². The molecule has 23 heavy (non-hydrogen) atoms. The van der Waals surface area contributed by atoms with Crippen molar-refractivity contribution < 1.29 is 32.7 Å². The zero-order chi connectivity index (χ0) is 18.2. The van der Waals surface area contributed by atoms with Gasteiger partial charge in [-0.05, 0) is 32.8 Å². The minimum Gasteiger partial charge on any atom is -0.478 e. The van der Waals surface area contributed by atoms with Gasteiger partial charge in [-0.3, -0.25) is 0 Å². The average molecular weight is 346 g/mol. The molecule has 0 aromatic heterocycles. The van der Waals surface area contributed by atoms with Gasteiger partial charge in [-0.2, -0.15) is 0 Å². The molecule has 0 rings (SSSR count). The fourth-order valence-corrected chi connectivity index (χ4v) is 3.60. The molecule has 0 aromatic rings.